The van der Waals surface area contributed by atoms with Gasteiger partial charge in [-0.2, -0.15) is 5.10 Å². The Balaban J connectivity index is 2.45. The Kier molecular flexibility index (Phi) is 2.49. The molecule has 16 heavy (non-hydrogen) atoms. The van der Waals surface area contributed by atoms with Crippen LogP contribution in [0.2, 0.25) is 0 Å². The van der Waals surface area contributed by atoms with Crippen molar-refractivity contribution in [2.45, 2.75) is 33.1 Å². The monoisotopic (exact) mass is 217 g/mol. The minimum Gasteiger partial charge on any atom is -0.288 e. The van der Waals surface area contributed by atoms with Gasteiger partial charge in [-0.25, -0.2) is 0 Å². The van der Waals surface area contributed by atoms with Crippen LogP contribution in [-0.2, 0) is 12.5 Å². The first kappa shape index (κ1) is 11.1. The third-order valence-corrected chi connectivity index (χ3v) is 2.97. The number of hydrogen-bond acceptors (Lipinski definition) is 2. The Morgan fingerprint density at radius 1 is 1.31 bits per heavy atom. The maximum absolute atomic E-state index is 4.59. The van der Waals surface area contributed by atoms with E-state index in [0.29, 0.717) is 0 Å². The van der Waals surface area contributed by atoms with Crippen LogP contribution in [0.3, 0.4) is 0 Å². The van der Waals surface area contributed by atoms with Crippen molar-refractivity contribution >= 4 is 11.8 Å². The fourth-order valence-corrected chi connectivity index (χ4v) is 1.88. The predicted octanol–water partition coefficient (Wildman–Crippen LogP) is 2.58. The molecular weight excluding hydrogens is 198 g/mol. The fourth-order valence-electron chi connectivity index (χ4n) is 1.88. The van der Waals surface area contributed by atoms with E-state index in [2.05, 4.69) is 43.9 Å². The Bertz CT molecular complexity index is 470. The Morgan fingerprint density at radius 3 is 2.44 bits per heavy atom. The van der Waals surface area contributed by atoms with Gasteiger partial charge in [-0.15, -0.1) is 0 Å². The zero-order chi connectivity index (χ0) is 11.9. The summed E-state index contributed by atoms with van der Waals surface area (Å²) < 4.78 is 1.97. The van der Waals surface area contributed by atoms with E-state index in [4.69, 9.17) is 0 Å². The third kappa shape index (κ3) is 1.82. The Morgan fingerprint density at radius 2 is 2.00 bits per heavy atom. The summed E-state index contributed by atoms with van der Waals surface area (Å²) in [4.78, 5) is 4.29. The first-order valence-corrected chi connectivity index (χ1v) is 5.64. The lowest BCUT2D eigenvalue weighted by Crippen LogP contribution is -2.12. The SMILES string of the molecule is CC1=C(c2cc(C(C)(C)C)nn2C)CN=C1. The van der Waals surface area contributed by atoms with Gasteiger partial charge in [0.25, 0.3) is 0 Å². The van der Waals surface area contributed by atoms with Crippen LogP contribution in [-0.4, -0.2) is 22.5 Å². The predicted molar refractivity (Wildman–Crippen MR) is 67.9 cm³/mol. The van der Waals surface area contributed by atoms with Crippen LogP contribution in [0.25, 0.3) is 5.57 Å². The minimum absolute atomic E-state index is 0.101. The second kappa shape index (κ2) is 3.58. The number of aromatic nitrogens is 2. The molecule has 0 aliphatic carbocycles. The number of aryl methyl sites for hydroxylation is 1. The van der Waals surface area contributed by atoms with Gasteiger partial charge in [-0.3, -0.25) is 9.67 Å². The maximum atomic E-state index is 4.59. The van der Waals surface area contributed by atoms with Crippen LogP contribution >= 0.6 is 0 Å². The summed E-state index contributed by atoms with van der Waals surface area (Å²) in [5, 5.41) is 4.59. The van der Waals surface area contributed by atoms with Gasteiger partial charge in [0.05, 0.1) is 17.9 Å². The number of rotatable bonds is 1. The van der Waals surface area contributed by atoms with E-state index in [1.54, 1.807) is 0 Å². The molecule has 3 heteroatoms. The molecule has 0 aromatic carbocycles. The minimum atomic E-state index is 0.101. The molecule has 1 aliphatic rings. The summed E-state index contributed by atoms with van der Waals surface area (Å²) in [6.07, 6.45) is 1.94. The second-order valence-electron chi connectivity index (χ2n) is 5.42. The molecule has 0 unspecified atom stereocenters. The molecule has 2 rings (SSSR count). The van der Waals surface area contributed by atoms with Crippen LogP contribution in [0.1, 0.15) is 39.1 Å². The van der Waals surface area contributed by atoms with E-state index in [-0.39, 0.29) is 5.41 Å². The van der Waals surface area contributed by atoms with Crippen molar-refractivity contribution in [3.63, 3.8) is 0 Å². The molecule has 0 amide bonds. The molecule has 2 heterocycles. The molecule has 0 fully saturated rings. The number of aliphatic imine (C=N–C) groups is 1. The van der Waals surface area contributed by atoms with Gasteiger partial charge in [0.15, 0.2) is 0 Å². The van der Waals surface area contributed by atoms with Crippen molar-refractivity contribution in [3.05, 3.63) is 23.0 Å². The number of allylic oxidation sites excluding steroid dienone is 1. The van der Waals surface area contributed by atoms with Crippen molar-refractivity contribution in [1.82, 2.24) is 9.78 Å². The quantitative estimate of drug-likeness (QED) is 0.711. The topological polar surface area (TPSA) is 30.2 Å². The molecule has 0 bridgehead atoms. The summed E-state index contributed by atoms with van der Waals surface area (Å²) >= 11 is 0. The second-order valence-corrected chi connectivity index (χ2v) is 5.42. The zero-order valence-corrected chi connectivity index (χ0v) is 10.7. The van der Waals surface area contributed by atoms with Crippen LogP contribution in [0.15, 0.2) is 16.6 Å². The summed E-state index contributed by atoms with van der Waals surface area (Å²) in [7, 11) is 2.00. The molecule has 1 aromatic rings. The highest BCUT2D eigenvalue weighted by Crippen LogP contribution is 2.27. The van der Waals surface area contributed by atoms with Gasteiger partial charge < -0.3 is 0 Å². The van der Waals surface area contributed by atoms with E-state index in [1.807, 2.05) is 17.9 Å². The lowest BCUT2D eigenvalue weighted by molar-refractivity contribution is 0.552. The largest absolute Gasteiger partial charge is 0.288 e. The van der Waals surface area contributed by atoms with E-state index in [1.165, 1.54) is 16.8 Å². The molecule has 0 spiro atoms. The Labute approximate surface area is 96.9 Å². The Hall–Kier alpha value is -1.38. The van der Waals surface area contributed by atoms with Crippen LogP contribution < -0.4 is 0 Å². The molecule has 86 valence electrons. The summed E-state index contributed by atoms with van der Waals surface area (Å²) in [5.41, 5.74) is 4.98. The van der Waals surface area contributed by atoms with Crippen LogP contribution in [0, 0.1) is 0 Å². The number of hydrogen-bond donors (Lipinski definition) is 0. The van der Waals surface area contributed by atoms with Crippen molar-refractivity contribution in [3.8, 4) is 0 Å². The highest BCUT2D eigenvalue weighted by Gasteiger charge is 2.21. The van der Waals surface area contributed by atoms with Gasteiger partial charge in [-0.1, -0.05) is 20.8 Å². The first-order chi connectivity index (χ1) is 7.39. The standard InChI is InChI=1S/C13H19N3/c1-9-7-14-8-10(9)11-6-12(13(2,3)4)15-16(11)5/h6-7H,8H2,1-5H3. The van der Waals surface area contributed by atoms with Crippen molar-refractivity contribution in [1.29, 1.82) is 0 Å². The van der Waals surface area contributed by atoms with Crippen LogP contribution in [0.5, 0.6) is 0 Å². The van der Waals surface area contributed by atoms with E-state index >= 15 is 0 Å². The summed E-state index contributed by atoms with van der Waals surface area (Å²) in [5.74, 6) is 0. The van der Waals surface area contributed by atoms with Gasteiger partial charge >= 0.3 is 0 Å². The molecule has 0 atom stereocenters. The van der Waals surface area contributed by atoms with Gasteiger partial charge in [0.1, 0.15) is 0 Å². The molecule has 1 aromatic heterocycles. The van der Waals surface area contributed by atoms with Crippen molar-refractivity contribution in [2.75, 3.05) is 6.54 Å². The summed E-state index contributed by atoms with van der Waals surface area (Å²) in [6, 6.07) is 2.19. The molecule has 1 aliphatic heterocycles. The first-order valence-electron chi connectivity index (χ1n) is 5.64. The molecule has 0 radical (unpaired) electrons. The number of nitrogens with zero attached hydrogens (tertiary/aromatic N) is 3. The van der Waals surface area contributed by atoms with E-state index in [9.17, 15) is 0 Å². The molecule has 3 nitrogen and oxygen atoms in total. The average Bonchev–Trinajstić information content (AvgIpc) is 2.70. The average molecular weight is 217 g/mol. The molecule has 0 saturated carbocycles. The zero-order valence-electron chi connectivity index (χ0n) is 10.7. The normalized spacial score (nSPS) is 16.3. The molecular formula is C13H19N3. The summed E-state index contributed by atoms with van der Waals surface area (Å²) in [6.45, 7) is 9.45. The lowest BCUT2D eigenvalue weighted by atomic mass is 9.92. The van der Waals surface area contributed by atoms with Gasteiger partial charge in [-0.05, 0) is 18.6 Å². The highest BCUT2D eigenvalue weighted by molar-refractivity contribution is 5.94. The van der Waals surface area contributed by atoms with Gasteiger partial charge in [0.2, 0.25) is 0 Å². The smallest absolute Gasteiger partial charge is 0.0684 e. The van der Waals surface area contributed by atoms with E-state index in [0.717, 1.165) is 12.2 Å². The highest BCUT2D eigenvalue weighted by atomic mass is 15.3. The third-order valence-electron chi connectivity index (χ3n) is 2.97. The van der Waals surface area contributed by atoms with Crippen LogP contribution in [0.4, 0.5) is 0 Å². The van der Waals surface area contributed by atoms with Gasteiger partial charge in [0, 0.05) is 24.3 Å². The molecule has 0 N–H and O–H groups in total. The van der Waals surface area contributed by atoms with Crippen molar-refractivity contribution in [2.24, 2.45) is 12.0 Å². The van der Waals surface area contributed by atoms with Crippen molar-refractivity contribution < 1.29 is 0 Å². The fraction of sp³-hybridized carbons (Fsp3) is 0.538. The maximum Gasteiger partial charge on any atom is 0.0684 e. The molecule has 0 saturated heterocycles. The van der Waals surface area contributed by atoms with E-state index < -0.39 is 0 Å². The lowest BCUT2D eigenvalue weighted by Gasteiger charge is -2.13.